The van der Waals surface area contributed by atoms with E-state index < -0.39 is 0 Å². The van der Waals surface area contributed by atoms with E-state index in [9.17, 15) is 4.79 Å². The number of carbonyl (C=O) groups excluding carboxylic acids is 1. The zero-order chi connectivity index (χ0) is 17.8. The van der Waals surface area contributed by atoms with Crippen molar-refractivity contribution >= 4 is 23.3 Å². The summed E-state index contributed by atoms with van der Waals surface area (Å²) >= 11 is 0. The van der Waals surface area contributed by atoms with Crippen LogP contribution in [0.15, 0.2) is 30.5 Å². The summed E-state index contributed by atoms with van der Waals surface area (Å²) in [4.78, 5) is 28.1. The summed E-state index contributed by atoms with van der Waals surface area (Å²) in [6, 6.07) is 7.40. The Labute approximate surface area is 145 Å². The van der Waals surface area contributed by atoms with Gasteiger partial charge in [0.2, 0.25) is 0 Å². The lowest BCUT2D eigenvalue weighted by atomic mass is 9.91. The van der Waals surface area contributed by atoms with Crippen molar-refractivity contribution < 1.29 is 4.79 Å². The summed E-state index contributed by atoms with van der Waals surface area (Å²) in [5, 5.41) is 0. The number of nitrogens with zero attached hydrogens (tertiary/aromatic N) is 4. The molecule has 0 bridgehead atoms. The number of anilines is 1. The Kier molecular flexibility index (Phi) is 4.66. The van der Waals surface area contributed by atoms with Gasteiger partial charge in [0.15, 0.2) is 17.0 Å². The van der Waals surface area contributed by atoms with Crippen LogP contribution in [-0.4, -0.2) is 26.2 Å². The maximum atomic E-state index is 10.8. The number of hydrogen-bond acceptors (Lipinski definition) is 6. The molecule has 3 aromatic rings. The van der Waals surface area contributed by atoms with Crippen LogP contribution in [0, 0.1) is 19.3 Å². The smallest absolute Gasteiger partial charge is 0.183 e. The topological polar surface area (TPSA) is 94.7 Å². The highest BCUT2D eigenvalue weighted by molar-refractivity contribution is 5.80. The number of terminal acetylenes is 1. The van der Waals surface area contributed by atoms with Crippen LogP contribution >= 0.6 is 0 Å². The Hall–Kier alpha value is -3.33. The van der Waals surface area contributed by atoms with Crippen molar-refractivity contribution in [3.8, 4) is 12.3 Å². The van der Waals surface area contributed by atoms with Crippen molar-refractivity contribution in [2.45, 2.75) is 25.7 Å². The summed E-state index contributed by atoms with van der Waals surface area (Å²) in [6.45, 7) is 1.76. The number of aldehydes is 1. The lowest BCUT2D eigenvalue weighted by Crippen LogP contribution is -2.07. The second-order valence-corrected chi connectivity index (χ2v) is 5.78. The van der Waals surface area contributed by atoms with Crippen LogP contribution in [0.2, 0.25) is 0 Å². The average molecular weight is 331 g/mol. The number of rotatable bonds is 5. The van der Waals surface area contributed by atoms with E-state index in [1.165, 1.54) is 0 Å². The Morgan fingerprint density at radius 3 is 2.68 bits per heavy atom. The Balaban J connectivity index is 1.92. The fraction of sp³-hybridized carbons (Fsp3) is 0.211. The van der Waals surface area contributed by atoms with Crippen molar-refractivity contribution in [1.29, 1.82) is 0 Å². The first-order chi connectivity index (χ1) is 12.1. The van der Waals surface area contributed by atoms with Crippen LogP contribution in [0.25, 0.3) is 11.2 Å². The first-order valence-corrected chi connectivity index (χ1v) is 7.85. The van der Waals surface area contributed by atoms with Crippen molar-refractivity contribution in [2.24, 2.45) is 0 Å². The molecule has 0 aliphatic carbocycles. The van der Waals surface area contributed by atoms with Crippen molar-refractivity contribution in [1.82, 2.24) is 19.9 Å². The summed E-state index contributed by atoms with van der Waals surface area (Å²) in [5.74, 6) is 3.66. The zero-order valence-electron chi connectivity index (χ0n) is 13.8. The first-order valence-electron chi connectivity index (χ1n) is 7.85. The zero-order valence-corrected chi connectivity index (χ0v) is 13.8. The molecular formula is C19H17N5O. The van der Waals surface area contributed by atoms with Crippen molar-refractivity contribution in [3.63, 3.8) is 0 Å². The van der Waals surface area contributed by atoms with Crippen molar-refractivity contribution in [3.05, 3.63) is 53.1 Å². The highest BCUT2D eigenvalue weighted by atomic mass is 16.1. The molecule has 2 heterocycles. The van der Waals surface area contributed by atoms with E-state index >= 15 is 0 Å². The molecule has 6 heteroatoms. The van der Waals surface area contributed by atoms with E-state index in [-0.39, 0.29) is 5.92 Å². The van der Waals surface area contributed by atoms with Gasteiger partial charge < -0.3 is 5.73 Å². The number of carbonyl (C=O) groups is 1. The van der Waals surface area contributed by atoms with Crippen LogP contribution in [-0.2, 0) is 6.42 Å². The number of nitrogen functional groups attached to an aromatic ring is 1. The first kappa shape index (κ1) is 16.5. The number of aryl methyl sites for hydroxylation is 1. The molecule has 25 heavy (non-hydrogen) atoms. The molecule has 0 saturated heterocycles. The van der Waals surface area contributed by atoms with Gasteiger partial charge in [-0.25, -0.2) is 19.9 Å². The van der Waals surface area contributed by atoms with Crippen LogP contribution in [0.4, 0.5) is 5.82 Å². The molecule has 0 radical (unpaired) electrons. The number of fused-ring (bicyclic) bond motifs is 1. The molecule has 0 aliphatic rings. The number of hydrogen-bond donors (Lipinski definition) is 1. The molecule has 3 rings (SSSR count). The normalized spacial score (nSPS) is 11.8. The molecule has 1 aromatic carbocycles. The van der Waals surface area contributed by atoms with Crippen LogP contribution in [0.3, 0.4) is 0 Å². The average Bonchev–Trinajstić information content (AvgIpc) is 2.62. The number of benzene rings is 1. The molecule has 124 valence electrons. The van der Waals surface area contributed by atoms with E-state index in [0.717, 1.165) is 17.5 Å². The minimum atomic E-state index is 0.0741. The number of nitrogens with two attached hydrogens (primary N) is 1. The lowest BCUT2D eigenvalue weighted by Gasteiger charge is -2.15. The van der Waals surface area contributed by atoms with Gasteiger partial charge in [-0.2, -0.15) is 0 Å². The third-order valence-corrected chi connectivity index (χ3v) is 3.96. The van der Waals surface area contributed by atoms with Gasteiger partial charge in [0.25, 0.3) is 0 Å². The highest BCUT2D eigenvalue weighted by Crippen LogP contribution is 2.24. The fourth-order valence-electron chi connectivity index (χ4n) is 2.73. The van der Waals surface area contributed by atoms with Gasteiger partial charge in [-0.3, -0.25) is 4.79 Å². The summed E-state index contributed by atoms with van der Waals surface area (Å²) in [7, 11) is 0. The summed E-state index contributed by atoms with van der Waals surface area (Å²) in [5.41, 5.74) is 9.38. The van der Waals surface area contributed by atoms with Gasteiger partial charge in [0.05, 0.1) is 11.9 Å². The number of aromatic nitrogens is 4. The molecule has 0 spiro atoms. The highest BCUT2D eigenvalue weighted by Gasteiger charge is 2.14. The molecule has 1 atom stereocenters. The molecular weight excluding hydrogens is 314 g/mol. The molecule has 2 N–H and O–H groups in total. The largest absolute Gasteiger partial charge is 0.382 e. The fourth-order valence-corrected chi connectivity index (χ4v) is 2.73. The van der Waals surface area contributed by atoms with Gasteiger partial charge in [-0.05, 0) is 18.9 Å². The van der Waals surface area contributed by atoms with Crippen LogP contribution in [0.1, 0.15) is 39.8 Å². The van der Waals surface area contributed by atoms with Gasteiger partial charge in [-0.1, -0.05) is 24.3 Å². The second-order valence-electron chi connectivity index (χ2n) is 5.78. The van der Waals surface area contributed by atoms with E-state index in [1.807, 2.05) is 12.1 Å². The van der Waals surface area contributed by atoms with E-state index in [4.69, 9.17) is 12.2 Å². The third kappa shape index (κ3) is 3.61. The minimum absolute atomic E-state index is 0.0741. The Morgan fingerprint density at radius 2 is 2.00 bits per heavy atom. The molecule has 2 aromatic heterocycles. The van der Waals surface area contributed by atoms with Crippen LogP contribution in [0.5, 0.6) is 0 Å². The summed E-state index contributed by atoms with van der Waals surface area (Å²) in [6.07, 6.45) is 9.20. The second kappa shape index (κ2) is 7.05. The van der Waals surface area contributed by atoms with Crippen molar-refractivity contribution in [2.75, 3.05) is 5.73 Å². The Bertz CT molecular complexity index is 960. The molecule has 0 aliphatic heterocycles. The SMILES string of the molecule is C#CCC(Cc1cnc2nc(C)nc(N)c2n1)c1ccc(C=O)cc1. The molecule has 0 saturated carbocycles. The predicted molar refractivity (Wildman–Crippen MR) is 96.0 cm³/mol. The standard InChI is InChI=1S/C19H17N5O/c1-3-4-15(14-7-5-13(11-25)6-8-14)9-16-10-21-19-17(24-16)18(20)22-12(2)23-19/h1,5-8,10-11,15H,4,9H2,2H3,(H2,20,21,22,23). The monoisotopic (exact) mass is 331 g/mol. The van der Waals surface area contributed by atoms with Gasteiger partial charge in [0, 0.05) is 17.9 Å². The predicted octanol–water partition coefficient (Wildman–Crippen LogP) is 2.47. The third-order valence-electron chi connectivity index (χ3n) is 3.96. The quantitative estimate of drug-likeness (QED) is 0.570. The van der Waals surface area contributed by atoms with Gasteiger partial charge in [-0.15, -0.1) is 12.3 Å². The molecule has 0 fully saturated rings. The maximum Gasteiger partial charge on any atom is 0.183 e. The molecule has 1 unspecified atom stereocenters. The molecule has 0 amide bonds. The van der Waals surface area contributed by atoms with Crippen LogP contribution < -0.4 is 5.73 Å². The van der Waals surface area contributed by atoms with E-state index in [1.54, 1.807) is 25.3 Å². The van der Waals surface area contributed by atoms with Gasteiger partial charge in [0.1, 0.15) is 12.1 Å². The van der Waals surface area contributed by atoms with E-state index in [0.29, 0.717) is 41.2 Å². The minimum Gasteiger partial charge on any atom is -0.382 e. The summed E-state index contributed by atoms with van der Waals surface area (Å²) < 4.78 is 0. The van der Waals surface area contributed by atoms with Gasteiger partial charge >= 0.3 is 0 Å². The lowest BCUT2D eigenvalue weighted by molar-refractivity contribution is 0.112. The Morgan fingerprint density at radius 1 is 1.24 bits per heavy atom. The maximum absolute atomic E-state index is 10.8. The van der Waals surface area contributed by atoms with E-state index in [2.05, 4.69) is 25.9 Å². The molecule has 6 nitrogen and oxygen atoms in total.